The van der Waals surface area contributed by atoms with Gasteiger partial charge in [-0.25, -0.2) is 4.98 Å². The van der Waals surface area contributed by atoms with Gasteiger partial charge in [0.25, 0.3) is 0 Å². The second-order valence-electron chi connectivity index (χ2n) is 6.05. The largest absolute Gasteiger partial charge is 0.310 e. The minimum Gasteiger partial charge on any atom is -0.310 e. The van der Waals surface area contributed by atoms with Gasteiger partial charge in [-0.1, -0.05) is 30.3 Å². The predicted octanol–water partition coefficient (Wildman–Crippen LogP) is 2.67. The van der Waals surface area contributed by atoms with E-state index in [0.29, 0.717) is 5.82 Å². The Kier molecular flexibility index (Phi) is 4.20. The van der Waals surface area contributed by atoms with Crippen LogP contribution in [0.25, 0.3) is 0 Å². The molecule has 0 radical (unpaired) electrons. The first-order valence-electron chi connectivity index (χ1n) is 7.60. The minimum absolute atomic E-state index is 0.0466. The monoisotopic (exact) mass is 295 g/mol. The smallest absolute Gasteiger partial charge is 0.230 e. The Morgan fingerprint density at radius 2 is 2.00 bits per heavy atom. The van der Waals surface area contributed by atoms with E-state index in [4.69, 9.17) is 0 Å². The number of rotatable bonds is 3. The van der Waals surface area contributed by atoms with Gasteiger partial charge in [0.15, 0.2) is 0 Å². The lowest BCUT2D eigenvalue weighted by atomic mass is 9.88. The number of carbonyl (C=O) groups excluding carboxylic acids is 1. The van der Waals surface area contributed by atoms with E-state index in [9.17, 15) is 4.79 Å². The number of likely N-dealkylation sites (tertiary alicyclic amines) is 1. The van der Waals surface area contributed by atoms with Crippen LogP contribution in [-0.2, 0) is 4.79 Å². The van der Waals surface area contributed by atoms with E-state index in [-0.39, 0.29) is 17.7 Å². The molecule has 114 valence electrons. The Balaban J connectivity index is 1.78. The summed E-state index contributed by atoms with van der Waals surface area (Å²) in [7, 11) is 2.06. The van der Waals surface area contributed by atoms with Crippen molar-refractivity contribution in [1.82, 2.24) is 9.88 Å². The van der Waals surface area contributed by atoms with Gasteiger partial charge in [0.2, 0.25) is 5.91 Å². The topological polar surface area (TPSA) is 45.2 Å². The summed E-state index contributed by atoms with van der Waals surface area (Å²) in [6.45, 7) is 3.67. The summed E-state index contributed by atoms with van der Waals surface area (Å²) in [6.07, 6.45) is 1.72. The summed E-state index contributed by atoms with van der Waals surface area (Å²) < 4.78 is 0. The summed E-state index contributed by atoms with van der Waals surface area (Å²) in [6, 6.07) is 14.1. The molecule has 1 aliphatic heterocycles. The molecule has 1 saturated heterocycles. The lowest BCUT2D eigenvalue weighted by Crippen LogP contribution is -2.28. The fourth-order valence-electron chi connectivity index (χ4n) is 3.13. The molecule has 0 bridgehead atoms. The maximum Gasteiger partial charge on any atom is 0.230 e. The Labute approximate surface area is 131 Å². The lowest BCUT2D eigenvalue weighted by molar-refractivity contribution is -0.119. The normalized spacial score (nSPS) is 21.7. The van der Waals surface area contributed by atoms with Gasteiger partial charge < -0.3 is 10.2 Å². The van der Waals surface area contributed by atoms with Crippen molar-refractivity contribution in [3.63, 3.8) is 0 Å². The summed E-state index contributed by atoms with van der Waals surface area (Å²) in [5.41, 5.74) is 2.32. The molecule has 4 heteroatoms. The first-order chi connectivity index (χ1) is 10.6. The fourth-order valence-corrected chi connectivity index (χ4v) is 3.13. The van der Waals surface area contributed by atoms with Gasteiger partial charge in [0.05, 0.1) is 5.92 Å². The molecule has 1 amide bonds. The third-order valence-corrected chi connectivity index (χ3v) is 4.23. The van der Waals surface area contributed by atoms with Gasteiger partial charge >= 0.3 is 0 Å². The molecule has 2 atom stereocenters. The van der Waals surface area contributed by atoms with Gasteiger partial charge in [0.1, 0.15) is 5.82 Å². The average molecular weight is 295 g/mol. The van der Waals surface area contributed by atoms with E-state index in [1.165, 1.54) is 5.56 Å². The zero-order chi connectivity index (χ0) is 15.5. The molecule has 22 heavy (non-hydrogen) atoms. The molecular weight excluding hydrogens is 274 g/mol. The summed E-state index contributed by atoms with van der Waals surface area (Å²) >= 11 is 0. The van der Waals surface area contributed by atoms with Crippen LogP contribution >= 0.6 is 0 Å². The quantitative estimate of drug-likeness (QED) is 0.947. The van der Waals surface area contributed by atoms with Crippen molar-refractivity contribution in [2.24, 2.45) is 5.92 Å². The van der Waals surface area contributed by atoms with Crippen molar-refractivity contribution >= 4 is 11.7 Å². The van der Waals surface area contributed by atoms with Crippen molar-refractivity contribution < 1.29 is 4.79 Å². The molecule has 1 aliphatic rings. The van der Waals surface area contributed by atoms with E-state index in [1.807, 2.05) is 37.3 Å². The van der Waals surface area contributed by atoms with Crippen LogP contribution in [0, 0.1) is 12.8 Å². The SMILES string of the molecule is Cc1ccnc(NC(=O)[C@@H]2CN(C)C[C@@H]2c2ccccc2)c1. The maximum absolute atomic E-state index is 12.7. The number of benzene rings is 1. The lowest BCUT2D eigenvalue weighted by Gasteiger charge is -2.18. The van der Waals surface area contributed by atoms with Gasteiger partial charge in [-0.15, -0.1) is 0 Å². The van der Waals surface area contributed by atoms with Crippen molar-refractivity contribution in [1.29, 1.82) is 0 Å². The molecule has 2 aromatic rings. The van der Waals surface area contributed by atoms with E-state index in [2.05, 4.69) is 34.4 Å². The van der Waals surface area contributed by atoms with Gasteiger partial charge in [-0.05, 0) is 37.2 Å². The summed E-state index contributed by atoms with van der Waals surface area (Å²) in [5, 5.41) is 2.97. The molecule has 0 aliphatic carbocycles. The second kappa shape index (κ2) is 6.28. The zero-order valence-corrected chi connectivity index (χ0v) is 13.0. The number of carbonyl (C=O) groups is 1. The Morgan fingerprint density at radius 3 is 2.73 bits per heavy atom. The number of hydrogen-bond acceptors (Lipinski definition) is 3. The first-order valence-corrected chi connectivity index (χ1v) is 7.60. The van der Waals surface area contributed by atoms with E-state index >= 15 is 0 Å². The Morgan fingerprint density at radius 1 is 1.23 bits per heavy atom. The number of pyridine rings is 1. The molecule has 2 heterocycles. The van der Waals surface area contributed by atoms with Crippen molar-refractivity contribution in [2.75, 3.05) is 25.5 Å². The fraction of sp³-hybridized carbons (Fsp3) is 0.333. The van der Waals surface area contributed by atoms with Crippen molar-refractivity contribution in [2.45, 2.75) is 12.8 Å². The Hall–Kier alpha value is -2.20. The molecular formula is C18H21N3O. The number of aromatic nitrogens is 1. The molecule has 1 aromatic carbocycles. The molecule has 0 saturated carbocycles. The number of aryl methyl sites for hydroxylation is 1. The second-order valence-corrected chi connectivity index (χ2v) is 6.05. The number of likely N-dealkylation sites (N-methyl/N-ethyl adjacent to an activating group) is 1. The number of nitrogens with zero attached hydrogens (tertiary/aromatic N) is 2. The van der Waals surface area contributed by atoms with E-state index in [1.54, 1.807) is 6.20 Å². The summed E-state index contributed by atoms with van der Waals surface area (Å²) in [4.78, 5) is 19.1. The Bertz CT molecular complexity index is 656. The molecule has 0 spiro atoms. The molecule has 1 fully saturated rings. The van der Waals surface area contributed by atoms with Gasteiger partial charge in [-0.3, -0.25) is 4.79 Å². The van der Waals surface area contributed by atoms with Gasteiger partial charge in [0, 0.05) is 25.2 Å². The van der Waals surface area contributed by atoms with Crippen LogP contribution < -0.4 is 5.32 Å². The summed E-state index contributed by atoms with van der Waals surface area (Å²) in [5.74, 6) is 0.869. The van der Waals surface area contributed by atoms with Crippen LogP contribution in [0.15, 0.2) is 48.7 Å². The van der Waals surface area contributed by atoms with Crippen molar-refractivity contribution in [3.8, 4) is 0 Å². The minimum atomic E-state index is -0.0466. The molecule has 1 N–H and O–H groups in total. The number of nitrogens with one attached hydrogen (secondary N) is 1. The number of hydrogen-bond donors (Lipinski definition) is 1. The van der Waals surface area contributed by atoms with Gasteiger partial charge in [-0.2, -0.15) is 0 Å². The molecule has 3 rings (SSSR count). The third kappa shape index (κ3) is 3.17. The number of anilines is 1. The molecule has 4 nitrogen and oxygen atoms in total. The van der Waals surface area contributed by atoms with E-state index in [0.717, 1.165) is 18.7 Å². The van der Waals surface area contributed by atoms with Crippen LogP contribution in [-0.4, -0.2) is 35.9 Å². The predicted molar refractivity (Wildman–Crippen MR) is 87.8 cm³/mol. The van der Waals surface area contributed by atoms with Crippen LogP contribution in [0.5, 0.6) is 0 Å². The van der Waals surface area contributed by atoms with E-state index < -0.39 is 0 Å². The van der Waals surface area contributed by atoms with Crippen LogP contribution in [0.4, 0.5) is 5.82 Å². The molecule has 0 unspecified atom stereocenters. The first kappa shape index (κ1) is 14.7. The van der Waals surface area contributed by atoms with Crippen LogP contribution in [0.2, 0.25) is 0 Å². The highest BCUT2D eigenvalue weighted by molar-refractivity contribution is 5.92. The third-order valence-electron chi connectivity index (χ3n) is 4.23. The van der Waals surface area contributed by atoms with Crippen LogP contribution in [0.3, 0.4) is 0 Å². The average Bonchev–Trinajstić information content (AvgIpc) is 2.90. The highest BCUT2D eigenvalue weighted by Crippen LogP contribution is 2.32. The highest BCUT2D eigenvalue weighted by Gasteiger charge is 2.36. The molecule has 1 aromatic heterocycles. The van der Waals surface area contributed by atoms with Crippen molar-refractivity contribution in [3.05, 3.63) is 59.8 Å². The number of amides is 1. The zero-order valence-electron chi connectivity index (χ0n) is 13.0. The van der Waals surface area contributed by atoms with Crippen LogP contribution in [0.1, 0.15) is 17.0 Å². The maximum atomic E-state index is 12.7. The highest BCUT2D eigenvalue weighted by atomic mass is 16.2. The standard InChI is InChI=1S/C18H21N3O/c1-13-8-9-19-17(10-13)20-18(22)16-12-21(2)11-15(16)14-6-4-3-5-7-14/h3-10,15-16H,11-12H2,1-2H3,(H,19,20,22)/t15-,16-/m1/s1.